The van der Waals surface area contributed by atoms with Crippen LogP contribution in [0.5, 0.6) is 5.75 Å². The third kappa shape index (κ3) is 2.93. The lowest BCUT2D eigenvalue weighted by atomic mass is 9.79. The van der Waals surface area contributed by atoms with Gasteiger partial charge >= 0.3 is 0 Å². The zero-order valence-corrected chi connectivity index (χ0v) is 12.1. The zero-order valence-electron chi connectivity index (χ0n) is 12.1. The Labute approximate surface area is 119 Å². The number of amidine groups is 1. The Bertz CT molecular complexity index is 496. The predicted molar refractivity (Wildman–Crippen MR) is 77.5 cm³/mol. The van der Waals surface area contributed by atoms with Crippen LogP contribution in [-0.4, -0.2) is 30.9 Å². The third-order valence-corrected chi connectivity index (χ3v) is 4.27. The Hall–Kier alpha value is -1.62. The van der Waals surface area contributed by atoms with E-state index in [1.165, 1.54) is 7.11 Å². The molecule has 2 rings (SSSR count). The molecule has 1 aliphatic rings. The minimum Gasteiger partial charge on any atom is -0.494 e. The number of rotatable bonds is 4. The van der Waals surface area contributed by atoms with Gasteiger partial charge in [0.2, 0.25) is 0 Å². The van der Waals surface area contributed by atoms with E-state index in [2.05, 4.69) is 4.90 Å². The van der Waals surface area contributed by atoms with Crippen molar-refractivity contribution >= 4 is 5.84 Å². The van der Waals surface area contributed by atoms with E-state index in [9.17, 15) is 4.39 Å². The van der Waals surface area contributed by atoms with Gasteiger partial charge in [-0.3, -0.25) is 10.3 Å². The highest BCUT2D eigenvalue weighted by Crippen LogP contribution is 2.31. The van der Waals surface area contributed by atoms with Gasteiger partial charge in [0.15, 0.2) is 11.6 Å². The molecule has 0 aliphatic carbocycles. The van der Waals surface area contributed by atoms with Crippen LogP contribution in [0.15, 0.2) is 18.2 Å². The topological polar surface area (TPSA) is 62.3 Å². The molecular formula is C15H22FN3O. The Kier molecular flexibility index (Phi) is 4.28. The van der Waals surface area contributed by atoms with Crippen molar-refractivity contribution in [1.82, 2.24) is 4.90 Å². The molecule has 0 aromatic heterocycles. The van der Waals surface area contributed by atoms with E-state index >= 15 is 0 Å². The standard InChI is InChI=1S/C15H22FN3O/c1-15(14(17)18)6-8-19(9-7-15)10-11-4-3-5-12(20-2)13(11)16/h3-5H,6-10H2,1-2H3,(H3,17,18). The molecule has 1 aromatic carbocycles. The number of nitrogens with two attached hydrogens (primary N) is 1. The first-order chi connectivity index (χ1) is 9.46. The summed E-state index contributed by atoms with van der Waals surface area (Å²) >= 11 is 0. The van der Waals surface area contributed by atoms with E-state index in [-0.39, 0.29) is 22.8 Å². The maximum absolute atomic E-state index is 14.1. The zero-order chi connectivity index (χ0) is 14.8. The summed E-state index contributed by atoms with van der Waals surface area (Å²) in [4.78, 5) is 2.20. The van der Waals surface area contributed by atoms with Crippen molar-refractivity contribution in [3.05, 3.63) is 29.6 Å². The van der Waals surface area contributed by atoms with Gasteiger partial charge in [0.1, 0.15) is 0 Å². The second-order valence-corrected chi connectivity index (χ2v) is 5.68. The third-order valence-electron chi connectivity index (χ3n) is 4.27. The van der Waals surface area contributed by atoms with Crippen molar-refractivity contribution in [3.8, 4) is 5.75 Å². The number of hydrogen-bond acceptors (Lipinski definition) is 3. The number of ether oxygens (including phenoxy) is 1. The molecule has 110 valence electrons. The van der Waals surface area contributed by atoms with Gasteiger partial charge in [0.25, 0.3) is 0 Å². The van der Waals surface area contributed by atoms with E-state index in [0.29, 0.717) is 12.1 Å². The van der Waals surface area contributed by atoms with Crippen molar-refractivity contribution in [2.24, 2.45) is 11.1 Å². The number of piperidine rings is 1. The fraction of sp³-hybridized carbons (Fsp3) is 0.533. The monoisotopic (exact) mass is 279 g/mol. The molecule has 0 saturated carbocycles. The Morgan fingerprint density at radius 1 is 1.45 bits per heavy atom. The molecule has 0 amide bonds. The Morgan fingerprint density at radius 2 is 2.10 bits per heavy atom. The number of methoxy groups -OCH3 is 1. The minimum atomic E-state index is -0.282. The summed E-state index contributed by atoms with van der Waals surface area (Å²) < 4.78 is 19.1. The van der Waals surface area contributed by atoms with Crippen LogP contribution in [0.4, 0.5) is 4.39 Å². The van der Waals surface area contributed by atoms with Gasteiger partial charge < -0.3 is 10.5 Å². The molecule has 20 heavy (non-hydrogen) atoms. The first-order valence-electron chi connectivity index (χ1n) is 6.84. The van der Waals surface area contributed by atoms with Crippen LogP contribution >= 0.6 is 0 Å². The van der Waals surface area contributed by atoms with Crippen LogP contribution in [0.1, 0.15) is 25.3 Å². The molecule has 1 saturated heterocycles. The van der Waals surface area contributed by atoms with Gasteiger partial charge in [0, 0.05) is 17.5 Å². The molecule has 1 fully saturated rings. The summed E-state index contributed by atoms with van der Waals surface area (Å²) in [5.74, 6) is 0.257. The van der Waals surface area contributed by atoms with Crippen LogP contribution in [-0.2, 0) is 6.54 Å². The summed E-state index contributed by atoms with van der Waals surface area (Å²) in [5, 5.41) is 7.64. The van der Waals surface area contributed by atoms with Crippen molar-refractivity contribution in [2.75, 3.05) is 20.2 Å². The lowest BCUT2D eigenvalue weighted by Crippen LogP contribution is -2.44. The average Bonchev–Trinajstić information content (AvgIpc) is 2.43. The molecule has 0 atom stereocenters. The number of benzene rings is 1. The first-order valence-corrected chi connectivity index (χ1v) is 6.84. The average molecular weight is 279 g/mol. The number of likely N-dealkylation sites (tertiary alicyclic amines) is 1. The quantitative estimate of drug-likeness (QED) is 0.657. The van der Waals surface area contributed by atoms with Crippen LogP contribution in [0.3, 0.4) is 0 Å². The van der Waals surface area contributed by atoms with Crippen LogP contribution in [0, 0.1) is 16.6 Å². The summed E-state index contributed by atoms with van der Waals surface area (Å²) in [6.07, 6.45) is 1.68. The molecule has 0 unspecified atom stereocenters. The first kappa shape index (κ1) is 14.8. The maximum atomic E-state index is 14.1. The van der Waals surface area contributed by atoms with Gasteiger partial charge in [-0.1, -0.05) is 19.1 Å². The number of nitrogens with one attached hydrogen (secondary N) is 1. The van der Waals surface area contributed by atoms with Crippen molar-refractivity contribution in [2.45, 2.75) is 26.3 Å². The smallest absolute Gasteiger partial charge is 0.169 e. The summed E-state index contributed by atoms with van der Waals surface area (Å²) in [7, 11) is 1.47. The molecular weight excluding hydrogens is 257 g/mol. The van der Waals surface area contributed by atoms with Gasteiger partial charge in [-0.05, 0) is 32.0 Å². The number of halogens is 1. The SMILES string of the molecule is COc1cccc(CN2CCC(C)(C(=N)N)CC2)c1F. The molecule has 0 bridgehead atoms. The van der Waals surface area contributed by atoms with E-state index in [0.717, 1.165) is 25.9 Å². The summed E-state index contributed by atoms with van der Waals surface area (Å²) in [6, 6.07) is 5.22. The van der Waals surface area contributed by atoms with Crippen molar-refractivity contribution in [3.63, 3.8) is 0 Å². The van der Waals surface area contributed by atoms with Gasteiger partial charge in [0.05, 0.1) is 12.9 Å². The molecule has 1 heterocycles. The number of nitrogens with zero attached hydrogens (tertiary/aromatic N) is 1. The van der Waals surface area contributed by atoms with Crippen molar-refractivity contribution < 1.29 is 9.13 Å². The molecule has 1 aliphatic heterocycles. The summed E-state index contributed by atoms with van der Waals surface area (Å²) in [5.41, 5.74) is 6.09. The fourth-order valence-electron chi connectivity index (χ4n) is 2.55. The summed E-state index contributed by atoms with van der Waals surface area (Å²) in [6.45, 7) is 4.25. The van der Waals surface area contributed by atoms with Crippen LogP contribution in [0.2, 0.25) is 0 Å². The highest BCUT2D eigenvalue weighted by atomic mass is 19.1. The molecule has 5 heteroatoms. The second-order valence-electron chi connectivity index (χ2n) is 5.68. The molecule has 0 radical (unpaired) electrons. The predicted octanol–water partition coefficient (Wildman–Crippen LogP) is 2.37. The lowest BCUT2D eigenvalue weighted by Gasteiger charge is -2.38. The van der Waals surface area contributed by atoms with E-state index in [1.54, 1.807) is 18.2 Å². The van der Waals surface area contributed by atoms with Crippen molar-refractivity contribution in [1.29, 1.82) is 5.41 Å². The van der Waals surface area contributed by atoms with E-state index in [1.807, 2.05) is 6.92 Å². The highest BCUT2D eigenvalue weighted by molar-refractivity contribution is 5.83. The van der Waals surface area contributed by atoms with E-state index in [4.69, 9.17) is 15.9 Å². The molecule has 3 N–H and O–H groups in total. The minimum absolute atomic E-state index is 0.205. The lowest BCUT2D eigenvalue weighted by molar-refractivity contribution is 0.154. The Balaban J connectivity index is 2.01. The molecule has 0 spiro atoms. The second kappa shape index (κ2) is 5.79. The number of hydrogen-bond donors (Lipinski definition) is 2. The largest absolute Gasteiger partial charge is 0.494 e. The Morgan fingerprint density at radius 3 is 2.65 bits per heavy atom. The highest BCUT2D eigenvalue weighted by Gasteiger charge is 2.33. The molecule has 4 nitrogen and oxygen atoms in total. The molecule has 1 aromatic rings. The van der Waals surface area contributed by atoms with Gasteiger partial charge in [-0.2, -0.15) is 0 Å². The van der Waals surface area contributed by atoms with Crippen LogP contribution in [0.25, 0.3) is 0 Å². The maximum Gasteiger partial charge on any atom is 0.169 e. The van der Waals surface area contributed by atoms with Crippen LogP contribution < -0.4 is 10.5 Å². The normalized spacial score (nSPS) is 18.8. The van der Waals surface area contributed by atoms with Gasteiger partial charge in [-0.15, -0.1) is 0 Å². The van der Waals surface area contributed by atoms with Gasteiger partial charge in [-0.25, -0.2) is 4.39 Å². The van der Waals surface area contributed by atoms with E-state index < -0.39 is 0 Å². The fourth-order valence-corrected chi connectivity index (χ4v) is 2.55.